The predicted molar refractivity (Wildman–Crippen MR) is 126 cm³/mol. The molecule has 0 N–H and O–H groups in total. The third-order valence-electron chi connectivity index (χ3n) is 4.90. The van der Waals surface area contributed by atoms with Crippen molar-refractivity contribution >= 4 is 0 Å². The summed E-state index contributed by atoms with van der Waals surface area (Å²) in [5.41, 5.74) is 7.32. The van der Waals surface area contributed by atoms with Crippen LogP contribution in [0.25, 0.3) is 0 Å². The molecule has 0 saturated carbocycles. The number of hydrogen-bond donors (Lipinski definition) is 0. The van der Waals surface area contributed by atoms with E-state index >= 15 is 0 Å². The summed E-state index contributed by atoms with van der Waals surface area (Å²) in [6.45, 7) is 18.9. The van der Waals surface area contributed by atoms with Crippen LogP contribution < -0.4 is 0 Å². The van der Waals surface area contributed by atoms with Crippen molar-refractivity contribution in [3.05, 3.63) is 71.4 Å². The van der Waals surface area contributed by atoms with Gasteiger partial charge in [0.15, 0.2) is 0 Å². The van der Waals surface area contributed by atoms with Crippen molar-refractivity contribution in [3.8, 4) is 0 Å². The first-order chi connectivity index (χ1) is 12.8. The highest BCUT2D eigenvalue weighted by molar-refractivity contribution is 5.08. The third kappa shape index (κ3) is 17.6. The van der Waals surface area contributed by atoms with Crippen molar-refractivity contribution in [2.45, 2.75) is 98.8 Å². The van der Waals surface area contributed by atoms with Gasteiger partial charge in [0.25, 0.3) is 0 Å². The molecule has 0 unspecified atom stereocenters. The maximum Gasteiger partial charge on any atom is -0.0288 e. The van der Waals surface area contributed by atoms with E-state index < -0.39 is 0 Å². The summed E-state index contributed by atoms with van der Waals surface area (Å²) < 4.78 is 0. The van der Waals surface area contributed by atoms with Crippen LogP contribution in [0.5, 0.6) is 0 Å². The number of allylic oxidation sites excluding steroid dienone is 10. The first-order valence-corrected chi connectivity index (χ1v) is 10.7. The Balaban J connectivity index is 4.02. The van der Waals surface area contributed by atoms with Crippen LogP contribution in [0.15, 0.2) is 71.4 Å². The molecule has 0 aromatic carbocycles. The van der Waals surface area contributed by atoms with E-state index in [1.54, 1.807) is 0 Å². The molecule has 0 spiro atoms. The van der Waals surface area contributed by atoms with E-state index in [-0.39, 0.29) is 0 Å². The fraction of sp³-hybridized carbons (Fsp3) is 0.556. The number of hydrogen-bond acceptors (Lipinski definition) is 0. The molecule has 152 valence electrons. The largest absolute Gasteiger partial charge is 0.103 e. The summed E-state index contributed by atoms with van der Waals surface area (Å²) in [6.07, 6.45) is 23.1. The predicted octanol–water partition coefficient (Wildman–Crippen LogP) is 9.43. The molecule has 0 aromatic heterocycles. The Morgan fingerprint density at radius 2 is 0.815 bits per heavy atom. The van der Waals surface area contributed by atoms with Crippen molar-refractivity contribution in [1.29, 1.82) is 0 Å². The van der Waals surface area contributed by atoms with Crippen LogP contribution in [0.1, 0.15) is 98.8 Å². The summed E-state index contributed by atoms with van der Waals surface area (Å²) in [4.78, 5) is 0. The van der Waals surface area contributed by atoms with E-state index in [1.165, 1.54) is 60.0 Å². The lowest BCUT2D eigenvalue weighted by Gasteiger charge is -2.03. The van der Waals surface area contributed by atoms with Gasteiger partial charge >= 0.3 is 0 Å². The molecular formula is C27H44. The van der Waals surface area contributed by atoms with Crippen molar-refractivity contribution in [2.75, 3.05) is 0 Å². The fourth-order valence-corrected chi connectivity index (χ4v) is 2.94. The Morgan fingerprint density at radius 3 is 1.11 bits per heavy atom. The average molecular weight is 369 g/mol. The zero-order chi connectivity index (χ0) is 20.5. The van der Waals surface area contributed by atoms with E-state index in [0.717, 1.165) is 32.1 Å². The molecule has 27 heavy (non-hydrogen) atoms. The smallest absolute Gasteiger partial charge is 0.0288 e. The Hall–Kier alpha value is -1.56. The molecule has 0 heteroatoms. The van der Waals surface area contributed by atoms with Gasteiger partial charge in [0.1, 0.15) is 0 Å². The van der Waals surface area contributed by atoms with Gasteiger partial charge in [-0.25, -0.2) is 0 Å². The fourth-order valence-electron chi connectivity index (χ4n) is 2.94. The minimum Gasteiger partial charge on any atom is -0.103 e. The summed E-state index contributed by atoms with van der Waals surface area (Å²) >= 11 is 0. The molecule has 0 fully saturated rings. The molecule has 0 bridgehead atoms. The molecule has 0 radical (unpaired) electrons. The molecule has 0 nitrogen and oxygen atoms in total. The highest BCUT2D eigenvalue weighted by Gasteiger charge is 1.94. The van der Waals surface area contributed by atoms with Gasteiger partial charge in [0, 0.05) is 0 Å². The second-order valence-corrected chi connectivity index (χ2v) is 8.14. The highest BCUT2D eigenvalue weighted by atomic mass is 14.0. The van der Waals surface area contributed by atoms with Crippen LogP contribution in [-0.2, 0) is 0 Å². The van der Waals surface area contributed by atoms with Gasteiger partial charge < -0.3 is 0 Å². The van der Waals surface area contributed by atoms with E-state index in [9.17, 15) is 0 Å². The normalized spacial score (nSPS) is 13.8. The molecule has 0 saturated heterocycles. The van der Waals surface area contributed by atoms with Crippen molar-refractivity contribution < 1.29 is 0 Å². The second kappa shape index (κ2) is 16.6. The van der Waals surface area contributed by atoms with Crippen molar-refractivity contribution in [2.24, 2.45) is 0 Å². The zero-order valence-corrected chi connectivity index (χ0v) is 18.9. The molecule has 0 amide bonds. The van der Waals surface area contributed by atoms with Gasteiger partial charge in [-0.2, -0.15) is 0 Å². The Bertz CT molecular complexity index is 549. The quantitative estimate of drug-likeness (QED) is 0.252. The highest BCUT2D eigenvalue weighted by Crippen LogP contribution is 2.15. The lowest BCUT2D eigenvalue weighted by Crippen LogP contribution is -1.83. The van der Waals surface area contributed by atoms with Crippen LogP contribution in [0, 0.1) is 0 Å². The maximum atomic E-state index is 3.96. The first kappa shape index (κ1) is 25.4. The van der Waals surface area contributed by atoms with Crippen LogP contribution in [0.2, 0.25) is 0 Å². The topological polar surface area (TPSA) is 0 Å². The van der Waals surface area contributed by atoms with Crippen molar-refractivity contribution in [3.63, 3.8) is 0 Å². The summed E-state index contributed by atoms with van der Waals surface area (Å²) in [6, 6.07) is 0. The monoisotopic (exact) mass is 368 g/mol. The second-order valence-electron chi connectivity index (χ2n) is 8.14. The van der Waals surface area contributed by atoms with Crippen LogP contribution in [0.4, 0.5) is 0 Å². The van der Waals surface area contributed by atoms with E-state index in [4.69, 9.17) is 0 Å². The zero-order valence-electron chi connectivity index (χ0n) is 18.9. The maximum absolute atomic E-state index is 3.96. The van der Waals surface area contributed by atoms with E-state index in [1.807, 2.05) is 6.08 Å². The summed E-state index contributed by atoms with van der Waals surface area (Å²) in [7, 11) is 0. The van der Waals surface area contributed by atoms with Gasteiger partial charge in [0.2, 0.25) is 0 Å². The lowest BCUT2D eigenvalue weighted by molar-refractivity contribution is 0.887. The van der Waals surface area contributed by atoms with Crippen LogP contribution in [0.3, 0.4) is 0 Å². The van der Waals surface area contributed by atoms with Gasteiger partial charge in [0.05, 0.1) is 0 Å². The molecule has 0 aliphatic rings. The third-order valence-corrected chi connectivity index (χ3v) is 4.90. The lowest BCUT2D eigenvalue weighted by atomic mass is 10.0. The molecule has 0 aromatic rings. The SMILES string of the molecule is C=CCC/C(C)=C/CC/C(C)=C/CC/C(C)=C/CC/C(C)=C/CCC(=C)C. The van der Waals surface area contributed by atoms with Crippen LogP contribution >= 0.6 is 0 Å². The Morgan fingerprint density at radius 1 is 0.519 bits per heavy atom. The molecule has 0 aliphatic heterocycles. The number of rotatable bonds is 15. The van der Waals surface area contributed by atoms with E-state index in [2.05, 4.69) is 72.1 Å². The standard InChI is InChI=1S/C27H44/c1-8-9-15-24(4)17-11-19-26(6)21-13-22-27(7)20-12-18-25(5)16-10-14-23(2)3/h8,16-17,20-21H,1-2,9-15,18-19,22H2,3-7H3/b24-17+,25-16+,26-21+,27-20+. The molecule has 0 aliphatic carbocycles. The Kier molecular flexibility index (Phi) is 15.6. The average Bonchev–Trinajstić information content (AvgIpc) is 2.59. The molecule has 0 atom stereocenters. The molecular weight excluding hydrogens is 324 g/mol. The molecule has 0 heterocycles. The first-order valence-electron chi connectivity index (χ1n) is 10.7. The van der Waals surface area contributed by atoms with Crippen LogP contribution in [-0.4, -0.2) is 0 Å². The summed E-state index contributed by atoms with van der Waals surface area (Å²) in [5.74, 6) is 0. The van der Waals surface area contributed by atoms with Gasteiger partial charge in [-0.05, 0) is 98.8 Å². The minimum atomic E-state index is 1.09. The Labute approximate surface area is 170 Å². The van der Waals surface area contributed by atoms with Gasteiger partial charge in [-0.3, -0.25) is 0 Å². The van der Waals surface area contributed by atoms with Crippen molar-refractivity contribution in [1.82, 2.24) is 0 Å². The van der Waals surface area contributed by atoms with Gasteiger partial charge in [-0.15, -0.1) is 13.2 Å². The summed E-state index contributed by atoms with van der Waals surface area (Å²) in [5, 5.41) is 0. The van der Waals surface area contributed by atoms with E-state index in [0.29, 0.717) is 0 Å². The molecule has 0 rings (SSSR count). The van der Waals surface area contributed by atoms with Gasteiger partial charge in [-0.1, -0.05) is 58.2 Å². The minimum absolute atomic E-state index is 1.09.